The lowest BCUT2D eigenvalue weighted by molar-refractivity contribution is -0.131. The third kappa shape index (κ3) is 3.30. The van der Waals surface area contributed by atoms with E-state index in [4.69, 9.17) is 0 Å². The molecule has 1 unspecified atom stereocenters. The van der Waals surface area contributed by atoms with Crippen molar-refractivity contribution >= 4 is 23.2 Å². The summed E-state index contributed by atoms with van der Waals surface area (Å²) in [5.41, 5.74) is 1.14. The first-order valence-electron chi connectivity index (χ1n) is 11.1. The van der Waals surface area contributed by atoms with Gasteiger partial charge in [0.05, 0.1) is 5.56 Å². The lowest BCUT2D eigenvalue weighted by atomic mass is 9.48. The molecule has 6 rings (SSSR count). The number of rotatable bonds is 4. The maximum Gasteiger partial charge on any atom is 0.254 e. The molecule has 28 heavy (non-hydrogen) atoms. The number of amides is 2. The van der Waals surface area contributed by atoms with E-state index in [1.807, 2.05) is 21.7 Å². The van der Waals surface area contributed by atoms with Crippen molar-refractivity contribution in [3.63, 3.8) is 0 Å². The van der Waals surface area contributed by atoms with E-state index in [9.17, 15) is 9.59 Å². The summed E-state index contributed by atoms with van der Waals surface area (Å²) in [7, 11) is 0. The van der Waals surface area contributed by atoms with E-state index in [-0.39, 0.29) is 17.7 Å². The molecule has 4 bridgehead atoms. The van der Waals surface area contributed by atoms with Gasteiger partial charge in [-0.1, -0.05) is 0 Å². The first-order chi connectivity index (χ1) is 13.5. The molecular weight excluding hydrogens is 368 g/mol. The molecule has 2 amide bonds. The Hall–Kier alpha value is -1.36. The van der Waals surface area contributed by atoms with Crippen LogP contribution in [0.1, 0.15) is 68.6 Å². The van der Waals surface area contributed by atoms with Crippen LogP contribution in [0.2, 0.25) is 0 Å². The van der Waals surface area contributed by atoms with Gasteiger partial charge in [0.15, 0.2) is 0 Å². The monoisotopic (exact) mass is 400 g/mol. The number of likely N-dealkylation sites (tertiary alicyclic amines) is 1. The zero-order valence-electron chi connectivity index (χ0n) is 16.9. The van der Waals surface area contributed by atoms with Gasteiger partial charge in [-0.05, 0) is 92.9 Å². The highest BCUT2D eigenvalue weighted by molar-refractivity contribution is 7.08. The molecule has 4 aliphatic carbocycles. The van der Waals surface area contributed by atoms with E-state index in [2.05, 4.69) is 12.2 Å². The fraction of sp³-hybridized carbons (Fsp3) is 0.739. The molecule has 1 aromatic heterocycles. The first kappa shape index (κ1) is 18.7. The minimum Gasteiger partial charge on any atom is -0.353 e. The van der Waals surface area contributed by atoms with E-state index >= 15 is 0 Å². The molecule has 0 spiro atoms. The van der Waals surface area contributed by atoms with Crippen LogP contribution in [0.3, 0.4) is 0 Å². The van der Waals surface area contributed by atoms with Crippen molar-refractivity contribution in [2.24, 2.45) is 29.1 Å². The van der Waals surface area contributed by atoms with Crippen molar-refractivity contribution in [3.05, 3.63) is 22.4 Å². The predicted octanol–water partition coefficient (Wildman–Crippen LogP) is 4.32. The van der Waals surface area contributed by atoms with Crippen LogP contribution in [-0.2, 0) is 4.79 Å². The minimum absolute atomic E-state index is 0.0582. The van der Waals surface area contributed by atoms with Gasteiger partial charge < -0.3 is 10.2 Å². The van der Waals surface area contributed by atoms with Crippen molar-refractivity contribution in [1.82, 2.24) is 10.2 Å². The Bertz CT molecular complexity index is 701. The minimum atomic E-state index is 0.0582. The van der Waals surface area contributed by atoms with Crippen molar-refractivity contribution < 1.29 is 9.59 Å². The van der Waals surface area contributed by atoms with Crippen molar-refractivity contribution in [2.45, 2.75) is 64.3 Å². The van der Waals surface area contributed by atoms with Crippen LogP contribution in [0.25, 0.3) is 0 Å². The number of carbonyl (C=O) groups excluding carboxylic acids is 2. The van der Waals surface area contributed by atoms with Crippen LogP contribution < -0.4 is 5.32 Å². The molecule has 1 aromatic rings. The fourth-order valence-electron chi connectivity index (χ4n) is 7.11. The van der Waals surface area contributed by atoms with Crippen LogP contribution in [0.5, 0.6) is 0 Å². The summed E-state index contributed by atoms with van der Waals surface area (Å²) in [5, 5.41) is 7.29. The Kier molecular flexibility index (Phi) is 4.77. The van der Waals surface area contributed by atoms with Crippen molar-refractivity contribution in [2.75, 3.05) is 13.1 Å². The molecule has 4 saturated carbocycles. The van der Waals surface area contributed by atoms with E-state index < -0.39 is 0 Å². The second-order valence-electron chi connectivity index (χ2n) is 10.1. The smallest absolute Gasteiger partial charge is 0.254 e. The largest absolute Gasteiger partial charge is 0.353 e. The average Bonchev–Trinajstić information content (AvgIpc) is 3.21. The summed E-state index contributed by atoms with van der Waals surface area (Å²) in [6.45, 7) is 3.65. The molecule has 4 nitrogen and oxygen atoms in total. The van der Waals surface area contributed by atoms with Crippen LogP contribution in [0.15, 0.2) is 16.8 Å². The number of hydrogen-bond donors (Lipinski definition) is 1. The van der Waals surface area contributed by atoms with Gasteiger partial charge in [0.1, 0.15) is 0 Å². The second-order valence-corrected chi connectivity index (χ2v) is 10.9. The highest BCUT2D eigenvalue weighted by Gasteiger charge is 2.53. The number of nitrogens with one attached hydrogen (secondary N) is 1. The molecule has 5 heteroatoms. The SMILES string of the molecule is CC(NC(=O)C1CCN(C(=O)c2ccsc2)CC1)C12CC3CC(CC(C3)C1)C2. The molecule has 1 aliphatic heterocycles. The Morgan fingerprint density at radius 2 is 1.71 bits per heavy atom. The summed E-state index contributed by atoms with van der Waals surface area (Å²) in [6.07, 6.45) is 9.88. The number of thiophene rings is 1. The predicted molar refractivity (Wildman–Crippen MR) is 111 cm³/mol. The number of piperidine rings is 1. The van der Waals surface area contributed by atoms with Gasteiger partial charge in [-0.15, -0.1) is 0 Å². The van der Waals surface area contributed by atoms with Gasteiger partial charge in [-0.3, -0.25) is 9.59 Å². The maximum absolute atomic E-state index is 13.0. The molecule has 0 radical (unpaired) electrons. The molecule has 1 N–H and O–H groups in total. The lowest BCUT2D eigenvalue weighted by Crippen LogP contribution is -2.56. The highest BCUT2D eigenvalue weighted by atomic mass is 32.1. The number of carbonyl (C=O) groups is 2. The topological polar surface area (TPSA) is 49.4 Å². The molecule has 1 saturated heterocycles. The van der Waals surface area contributed by atoms with E-state index in [1.165, 1.54) is 38.5 Å². The van der Waals surface area contributed by atoms with Gasteiger partial charge in [0.2, 0.25) is 5.91 Å². The molecule has 0 aromatic carbocycles. The quantitative estimate of drug-likeness (QED) is 0.818. The molecule has 5 aliphatic rings. The van der Waals surface area contributed by atoms with E-state index in [0.29, 0.717) is 24.5 Å². The van der Waals surface area contributed by atoms with Crippen LogP contribution in [0.4, 0.5) is 0 Å². The summed E-state index contributed by atoms with van der Waals surface area (Å²) < 4.78 is 0. The van der Waals surface area contributed by atoms with Gasteiger partial charge in [-0.2, -0.15) is 11.3 Å². The summed E-state index contributed by atoms with van der Waals surface area (Å²) in [6, 6.07) is 2.18. The molecule has 2 heterocycles. The highest BCUT2D eigenvalue weighted by Crippen LogP contribution is 2.61. The summed E-state index contributed by atoms with van der Waals surface area (Å²) >= 11 is 1.56. The second kappa shape index (κ2) is 7.16. The van der Waals surface area contributed by atoms with Gasteiger partial charge in [0.25, 0.3) is 5.91 Å². The third-order valence-corrected chi connectivity index (χ3v) is 8.97. The average molecular weight is 401 g/mol. The van der Waals surface area contributed by atoms with Gasteiger partial charge >= 0.3 is 0 Å². The van der Waals surface area contributed by atoms with Gasteiger partial charge in [0, 0.05) is 30.4 Å². The van der Waals surface area contributed by atoms with Crippen molar-refractivity contribution in [1.29, 1.82) is 0 Å². The van der Waals surface area contributed by atoms with Crippen LogP contribution in [-0.4, -0.2) is 35.8 Å². The fourth-order valence-corrected chi connectivity index (χ4v) is 7.74. The molecule has 1 atom stereocenters. The first-order valence-corrected chi connectivity index (χ1v) is 12.1. The van der Waals surface area contributed by atoms with Gasteiger partial charge in [-0.25, -0.2) is 0 Å². The zero-order valence-corrected chi connectivity index (χ0v) is 17.7. The van der Waals surface area contributed by atoms with Crippen LogP contribution >= 0.6 is 11.3 Å². The normalized spacial score (nSPS) is 35.8. The lowest BCUT2D eigenvalue weighted by Gasteiger charge is -2.59. The summed E-state index contributed by atoms with van der Waals surface area (Å²) in [5.74, 6) is 3.14. The number of hydrogen-bond acceptors (Lipinski definition) is 3. The van der Waals surface area contributed by atoms with Crippen LogP contribution in [0, 0.1) is 29.1 Å². The van der Waals surface area contributed by atoms with Crippen molar-refractivity contribution in [3.8, 4) is 0 Å². The Morgan fingerprint density at radius 3 is 2.25 bits per heavy atom. The Morgan fingerprint density at radius 1 is 1.11 bits per heavy atom. The maximum atomic E-state index is 13.0. The summed E-state index contributed by atoms with van der Waals surface area (Å²) in [4.78, 5) is 27.4. The molecule has 152 valence electrons. The molecule has 5 fully saturated rings. The Labute approximate surface area is 172 Å². The standard InChI is InChI=1S/C23H32N2O2S/c1-15(23-11-16-8-17(12-23)10-18(9-16)13-23)24-21(26)19-2-5-25(6-3-19)22(27)20-4-7-28-14-20/h4,7,14-19H,2-3,5-6,8-13H2,1H3,(H,24,26). The van der Waals surface area contributed by atoms with E-state index in [0.717, 1.165) is 36.2 Å². The Balaban J connectivity index is 1.16. The third-order valence-electron chi connectivity index (χ3n) is 8.28. The zero-order chi connectivity index (χ0) is 19.3. The number of nitrogens with zero attached hydrogens (tertiary/aromatic N) is 1. The molecular formula is C23H32N2O2S. The van der Waals surface area contributed by atoms with E-state index in [1.54, 1.807) is 11.3 Å².